The zero-order valence-electron chi connectivity index (χ0n) is 11.7. The number of nitriles is 1. The van der Waals surface area contributed by atoms with Crippen molar-refractivity contribution >= 4 is 23.2 Å². The molecule has 2 N–H and O–H groups in total. The van der Waals surface area contributed by atoms with E-state index in [0.717, 1.165) is 11.3 Å². The lowest BCUT2D eigenvalue weighted by Crippen LogP contribution is -2.24. The number of amides is 1. The van der Waals surface area contributed by atoms with Gasteiger partial charge in [-0.3, -0.25) is 4.79 Å². The smallest absolute Gasteiger partial charge is 0.263 e. The van der Waals surface area contributed by atoms with Crippen LogP contribution in [0.2, 0.25) is 5.02 Å². The molecule has 0 spiro atoms. The molecule has 0 fully saturated rings. The Hall–Kier alpha value is -2.77. The molecule has 0 aliphatic rings. The van der Waals surface area contributed by atoms with Gasteiger partial charge in [-0.15, -0.1) is 0 Å². The van der Waals surface area contributed by atoms with Crippen molar-refractivity contribution in [2.45, 2.75) is 6.54 Å². The van der Waals surface area contributed by atoms with E-state index in [-0.39, 0.29) is 12.1 Å². The molecule has 110 valence electrons. The molecule has 22 heavy (non-hydrogen) atoms. The average Bonchev–Trinajstić information content (AvgIpc) is 2.55. The number of rotatable bonds is 5. The van der Waals surface area contributed by atoms with Crippen LogP contribution in [0.15, 0.2) is 66.4 Å². The summed E-state index contributed by atoms with van der Waals surface area (Å²) in [5, 5.41) is 15.2. The molecule has 0 aliphatic carbocycles. The minimum Gasteiger partial charge on any atom is -0.360 e. The molecule has 0 heterocycles. The van der Waals surface area contributed by atoms with E-state index in [9.17, 15) is 4.79 Å². The van der Waals surface area contributed by atoms with Crippen molar-refractivity contribution in [2.24, 2.45) is 0 Å². The summed E-state index contributed by atoms with van der Waals surface area (Å²) in [6.45, 7) is 0.267. The quantitative estimate of drug-likeness (QED) is 0.656. The van der Waals surface area contributed by atoms with Crippen LogP contribution >= 0.6 is 11.6 Å². The number of nitrogens with zero attached hydrogens (tertiary/aromatic N) is 1. The first-order valence-electron chi connectivity index (χ1n) is 6.64. The summed E-state index contributed by atoms with van der Waals surface area (Å²) in [4.78, 5) is 12.0. The van der Waals surface area contributed by atoms with Crippen molar-refractivity contribution in [3.8, 4) is 6.07 Å². The molecule has 4 nitrogen and oxygen atoms in total. The van der Waals surface area contributed by atoms with Gasteiger partial charge in [-0.25, -0.2) is 0 Å². The van der Waals surface area contributed by atoms with E-state index in [0.29, 0.717) is 5.02 Å². The van der Waals surface area contributed by atoms with Gasteiger partial charge in [-0.1, -0.05) is 48.0 Å². The SMILES string of the molecule is N#C/C(=C/Nc1ccccc1)C(=O)NCc1ccccc1Cl. The van der Waals surface area contributed by atoms with Gasteiger partial charge in [0.1, 0.15) is 11.6 Å². The summed E-state index contributed by atoms with van der Waals surface area (Å²) in [5.74, 6) is -0.453. The number of halogens is 1. The molecule has 2 aromatic rings. The predicted molar refractivity (Wildman–Crippen MR) is 87.1 cm³/mol. The lowest BCUT2D eigenvalue weighted by Gasteiger charge is -2.06. The number of hydrogen-bond donors (Lipinski definition) is 2. The Kier molecular flexibility index (Phi) is 5.58. The maximum absolute atomic E-state index is 12.0. The van der Waals surface area contributed by atoms with E-state index in [4.69, 9.17) is 16.9 Å². The van der Waals surface area contributed by atoms with Gasteiger partial charge in [0.25, 0.3) is 5.91 Å². The van der Waals surface area contributed by atoms with Gasteiger partial charge in [0.05, 0.1) is 0 Å². The van der Waals surface area contributed by atoms with Crippen molar-refractivity contribution in [2.75, 3.05) is 5.32 Å². The zero-order valence-corrected chi connectivity index (χ0v) is 12.5. The van der Waals surface area contributed by atoms with Crippen LogP contribution in [-0.2, 0) is 11.3 Å². The Morgan fingerprint density at radius 3 is 2.50 bits per heavy atom. The first kappa shape index (κ1) is 15.6. The second-order valence-electron chi connectivity index (χ2n) is 4.45. The Bertz CT molecular complexity index is 720. The van der Waals surface area contributed by atoms with E-state index in [2.05, 4.69) is 10.6 Å². The largest absolute Gasteiger partial charge is 0.360 e. The van der Waals surface area contributed by atoms with Gasteiger partial charge < -0.3 is 10.6 Å². The number of para-hydroxylation sites is 1. The van der Waals surface area contributed by atoms with Crippen LogP contribution in [-0.4, -0.2) is 5.91 Å². The van der Waals surface area contributed by atoms with E-state index in [1.165, 1.54) is 6.20 Å². The normalized spacial score (nSPS) is 10.6. The van der Waals surface area contributed by atoms with Crippen molar-refractivity contribution in [3.63, 3.8) is 0 Å². The van der Waals surface area contributed by atoms with Gasteiger partial charge in [-0.2, -0.15) is 5.26 Å². The zero-order chi connectivity index (χ0) is 15.8. The molecule has 0 aromatic heterocycles. The molecule has 2 aromatic carbocycles. The molecule has 0 radical (unpaired) electrons. The summed E-state index contributed by atoms with van der Waals surface area (Å²) in [6, 6.07) is 18.4. The first-order chi connectivity index (χ1) is 10.7. The van der Waals surface area contributed by atoms with Crippen molar-refractivity contribution in [3.05, 3.63) is 77.0 Å². The second-order valence-corrected chi connectivity index (χ2v) is 4.86. The Morgan fingerprint density at radius 1 is 1.14 bits per heavy atom. The minimum absolute atomic E-state index is 0.00379. The third-order valence-electron chi connectivity index (χ3n) is 2.92. The van der Waals surface area contributed by atoms with Gasteiger partial charge in [0.2, 0.25) is 0 Å². The fourth-order valence-corrected chi connectivity index (χ4v) is 1.95. The number of anilines is 1. The average molecular weight is 312 g/mol. The summed E-state index contributed by atoms with van der Waals surface area (Å²) in [5.41, 5.74) is 1.59. The highest BCUT2D eigenvalue weighted by Crippen LogP contribution is 2.14. The molecular weight excluding hydrogens is 298 g/mol. The lowest BCUT2D eigenvalue weighted by atomic mass is 10.2. The van der Waals surface area contributed by atoms with Gasteiger partial charge >= 0.3 is 0 Å². The summed E-state index contributed by atoms with van der Waals surface area (Å²) in [6.07, 6.45) is 1.39. The van der Waals surface area contributed by atoms with E-state index in [1.807, 2.05) is 54.6 Å². The molecule has 0 saturated carbocycles. The van der Waals surface area contributed by atoms with Crippen LogP contribution in [0.3, 0.4) is 0 Å². The molecule has 0 atom stereocenters. The van der Waals surface area contributed by atoms with Crippen LogP contribution in [0, 0.1) is 11.3 Å². The number of hydrogen-bond acceptors (Lipinski definition) is 3. The van der Waals surface area contributed by atoms with Crippen LogP contribution < -0.4 is 10.6 Å². The molecule has 5 heteroatoms. The number of nitrogens with one attached hydrogen (secondary N) is 2. The molecular formula is C17H14ClN3O. The number of carbonyl (C=O) groups excluding carboxylic acids is 1. The second kappa shape index (κ2) is 7.87. The fraction of sp³-hybridized carbons (Fsp3) is 0.0588. The summed E-state index contributed by atoms with van der Waals surface area (Å²) >= 11 is 6.02. The fourth-order valence-electron chi connectivity index (χ4n) is 1.75. The molecule has 0 aliphatic heterocycles. The molecule has 0 unspecified atom stereocenters. The van der Waals surface area contributed by atoms with Crippen LogP contribution in [0.25, 0.3) is 0 Å². The molecule has 1 amide bonds. The Labute approximate surface area is 134 Å². The van der Waals surface area contributed by atoms with Gasteiger partial charge in [-0.05, 0) is 23.8 Å². The van der Waals surface area contributed by atoms with Gasteiger partial charge in [0, 0.05) is 23.5 Å². The third-order valence-corrected chi connectivity index (χ3v) is 3.29. The molecule has 2 rings (SSSR count). The highest BCUT2D eigenvalue weighted by Gasteiger charge is 2.09. The molecule has 0 saturated heterocycles. The van der Waals surface area contributed by atoms with E-state index >= 15 is 0 Å². The maximum atomic E-state index is 12.0. The Morgan fingerprint density at radius 2 is 1.82 bits per heavy atom. The van der Waals surface area contributed by atoms with Gasteiger partial charge in [0.15, 0.2) is 0 Å². The van der Waals surface area contributed by atoms with E-state index < -0.39 is 5.91 Å². The molecule has 0 bridgehead atoms. The standard InChI is InChI=1S/C17H14ClN3O/c18-16-9-5-4-6-13(16)11-21-17(22)14(10-19)12-20-15-7-2-1-3-8-15/h1-9,12,20H,11H2,(H,21,22)/b14-12-. The lowest BCUT2D eigenvalue weighted by molar-refractivity contribution is -0.117. The van der Waals surface area contributed by atoms with Crippen molar-refractivity contribution in [1.29, 1.82) is 5.26 Å². The topological polar surface area (TPSA) is 64.9 Å². The van der Waals surface area contributed by atoms with Crippen LogP contribution in [0.4, 0.5) is 5.69 Å². The highest BCUT2D eigenvalue weighted by molar-refractivity contribution is 6.31. The highest BCUT2D eigenvalue weighted by atomic mass is 35.5. The Balaban J connectivity index is 1.97. The van der Waals surface area contributed by atoms with Crippen LogP contribution in [0.1, 0.15) is 5.56 Å². The minimum atomic E-state index is -0.453. The predicted octanol–water partition coefficient (Wildman–Crippen LogP) is 3.48. The number of carbonyl (C=O) groups is 1. The number of benzene rings is 2. The first-order valence-corrected chi connectivity index (χ1v) is 7.02. The maximum Gasteiger partial charge on any atom is 0.263 e. The van der Waals surface area contributed by atoms with Crippen LogP contribution in [0.5, 0.6) is 0 Å². The summed E-state index contributed by atoms with van der Waals surface area (Å²) < 4.78 is 0. The summed E-state index contributed by atoms with van der Waals surface area (Å²) in [7, 11) is 0. The third kappa shape index (κ3) is 4.37. The van der Waals surface area contributed by atoms with Crippen molar-refractivity contribution in [1.82, 2.24) is 5.32 Å². The van der Waals surface area contributed by atoms with Crippen molar-refractivity contribution < 1.29 is 4.79 Å². The monoisotopic (exact) mass is 311 g/mol. The van der Waals surface area contributed by atoms with E-state index in [1.54, 1.807) is 6.07 Å².